The Hall–Kier alpha value is -1.36. The topological polar surface area (TPSA) is 70.3 Å². The van der Waals surface area contributed by atoms with E-state index in [2.05, 4.69) is 22.8 Å². The van der Waals surface area contributed by atoms with Gasteiger partial charge in [-0.25, -0.2) is 0 Å². The average Bonchev–Trinajstić information content (AvgIpc) is 2.47. The van der Waals surface area contributed by atoms with Crippen LogP contribution in [0.2, 0.25) is 0 Å². The van der Waals surface area contributed by atoms with Crippen LogP contribution in [-0.4, -0.2) is 37.8 Å². The lowest BCUT2D eigenvalue weighted by Gasteiger charge is -2.04. The SMILES string of the molecule is NCCCCNCCCNCC=Cc1ccc(O)cc1. The van der Waals surface area contributed by atoms with Crippen LogP contribution < -0.4 is 16.4 Å². The Morgan fingerprint density at radius 2 is 1.65 bits per heavy atom. The van der Waals surface area contributed by atoms with Crippen molar-refractivity contribution < 1.29 is 5.11 Å². The van der Waals surface area contributed by atoms with Gasteiger partial charge in [-0.1, -0.05) is 24.3 Å². The summed E-state index contributed by atoms with van der Waals surface area (Å²) in [7, 11) is 0. The molecule has 0 saturated heterocycles. The Kier molecular flexibility index (Phi) is 9.57. The molecule has 112 valence electrons. The van der Waals surface area contributed by atoms with Gasteiger partial charge in [-0.15, -0.1) is 0 Å². The van der Waals surface area contributed by atoms with E-state index in [1.54, 1.807) is 12.1 Å². The van der Waals surface area contributed by atoms with E-state index in [9.17, 15) is 0 Å². The highest BCUT2D eigenvalue weighted by Gasteiger charge is 1.89. The van der Waals surface area contributed by atoms with Crippen LogP contribution in [0, 0.1) is 0 Å². The number of nitrogens with one attached hydrogen (secondary N) is 2. The second kappa shape index (κ2) is 11.5. The van der Waals surface area contributed by atoms with E-state index in [4.69, 9.17) is 10.8 Å². The van der Waals surface area contributed by atoms with Crippen LogP contribution in [0.5, 0.6) is 5.75 Å². The van der Waals surface area contributed by atoms with Crippen LogP contribution >= 0.6 is 0 Å². The molecule has 0 spiro atoms. The van der Waals surface area contributed by atoms with E-state index >= 15 is 0 Å². The van der Waals surface area contributed by atoms with Crippen molar-refractivity contribution in [1.82, 2.24) is 10.6 Å². The predicted molar refractivity (Wildman–Crippen MR) is 85.8 cm³/mol. The smallest absolute Gasteiger partial charge is 0.115 e. The molecule has 4 nitrogen and oxygen atoms in total. The van der Waals surface area contributed by atoms with Gasteiger partial charge in [-0.2, -0.15) is 0 Å². The fraction of sp³-hybridized carbons (Fsp3) is 0.500. The molecule has 0 aliphatic carbocycles. The average molecular weight is 277 g/mol. The number of rotatable bonds is 11. The number of hydrogen-bond acceptors (Lipinski definition) is 4. The van der Waals surface area contributed by atoms with Gasteiger partial charge in [-0.3, -0.25) is 0 Å². The van der Waals surface area contributed by atoms with Crippen molar-refractivity contribution in [1.29, 1.82) is 0 Å². The summed E-state index contributed by atoms with van der Waals surface area (Å²) in [4.78, 5) is 0. The molecule has 0 amide bonds. The summed E-state index contributed by atoms with van der Waals surface area (Å²) < 4.78 is 0. The van der Waals surface area contributed by atoms with Crippen molar-refractivity contribution in [3.63, 3.8) is 0 Å². The van der Waals surface area contributed by atoms with E-state index < -0.39 is 0 Å². The van der Waals surface area contributed by atoms with Crippen molar-refractivity contribution in [3.8, 4) is 5.75 Å². The normalized spacial score (nSPS) is 11.2. The number of hydrogen-bond donors (Lipinski definition) is 4. The number of phenols is 1. The Bertz CT molecular complexity index is 362. The second-order valence-corrected chi connectivity index (χ2v) is 4.80. The second-order valence-electron chi connectivity index (χ2n) is 4.80. The molecule has 0 aliphatic heterocycles. The Balaban J connectivity index is 1.93. The van der Waals surface area contributed by atoms with Crippen LogP contribution in [0.4, 0.5) is 0 Å². The van der Waals surface area contributed by atoms with Gasteiger partial charge in [0.1, 0.15) is 5.75 Å². The van der Waals surface area contributed by atoms with Crippen LogP contribution in [0.1, 0.15) is 24.8 Å². The first kappa shape index (κ1) is 16.7. The molecule has 0 bridgehead atoms. The summed E-state index contributed by atoms with van der Waals surface area (Å²) in [6.07, 6.45) is 7.56. The molecule has 4 heteroatoms. The molecule has 0 atom stereocenters. The molecule has 20 heavy (non-hydrogen) atoms. The van der Waals surface area contributed by atoms with Gasteiger partial charge < -0.3 is 21.5 Å². The maximum atomic E-state index is 9.17. The highest BCUT2D eigenvalue weighted by molar-refractivity contribution is 5.50. The maximum absolute atomic E-state index is 9.17. The van der Waals surface area contributed by atoms with E-state index in [0.717, 1.165) is 51.1 Å². The third-order valence-electron chi connectivity index (χ3n) is 2.98. The summed E-state index contributed by atoms with van der Waals surface area (Å²) in [6, 6.07) is 7.20. The zero-order chi connectivity index (χ0) is 14.5. The molecule has 0 unspecified atom stereocenters. The van der Waals surface area contributed by atoms with Gasteiger partial charge in [0, 0.05) is 6.54 Å². The molecule has 0 aliphatic rings. The molecule has 1 rings (SSSR count). The number of phenolic OH excluding ortho intramolecular Hbond substituents is 1. The van der Waals surface area contributed by atoms with Gasteiger partial charge in [0.25, 0.3) is 0 Å². The van der Waals surface area contributed by atoms with Crippen LogP contribution in [0.15, 0.2) is 30.3 Å². The first-order valence-corrected chi connectivity index (χ1v) is 7.40. The lowest BCUT2D eigenvalue weighted by atomic mass is 10.2. The van der Waals surface area contributed by atoms with Crippen molar-refractivity contribution >= 4 is 6.08 Å². The first-order chi connectivity index (χ1) is 9.83. The molecule has 0 aromatic heterocycles. The molecule has 5 N–H and O–H groups in total. The van der Waals surface area contributed by atoms with E-state index in [1.165, 1.54) is 6.42 Å². The number of nitrogens with two attached hydrogens (primary N) is 1. The standard InChI is InChI=1S/C16H27N3O/c17-10-1-2-11-18-13-4-14-19-12-3-5-15-6-8-16(20)9-7-15/h3,5-9,18-20H,1-2,4,10-14,17H2. The fourth-order valence-electron chi connectivity index (χ4n) is 1.82. The van der Waals surface area contributed by atoms with E-state index in [1.807, 2.05) is 12.1 Å². The number of aromatic hydroxyl groups is 1. The lowest BCUT2D eigenvalue weighted by molar-refractivity contribution is 0.475. The highest BCUT2D eigenvalue weighted by atomic mass is 16.3. The first-order valence-electron chi connectivity index (χ1n) is 7.40. The molecule has 1 aromatic rings. The molecule has 0 saturated carbocycles. The minimum Gasteiger partial charge on any atom is -0.508 e. The van der Waals surface area contributed by atoms with Crippen molar-refractivity contribution in [2.75, 3.05) is 32.7 Å². The quantitative estimate of drug-likeness (QED) is 0.465. The number of unbranched alkanes of at least 4 members (excludes halogenated alkanes) is 1. The van der Waals surface area contributed by atoms with Gasteiger partial charge in [-0.05, 0) is 63.1 Å². The Morgan fingerprint density at radius 1 is 0.950 bits per heavy atom. The van der Waals surface area contributed by atoms with Crippen molar-refractivity contribution in [2.24, 2.45) is 5.73 Å². The van der Waals surface area contributed by atoms with Gasteiger partial charge in [0.15, 0.2) is 0 Å². The largest absolute Gasteiger partial charge is 0.508 e. The van der Waals surface area contributed by atoms with Gasteiger partial charge in [0.2, 0.25) is 0 Å². The fourth-order valence-corrected chi connectivity index (χ4v) is 1.82. The van der Waals surface area contributed by atoms with Crippen LogP contribution in [0.3, 0.4) is 0 Å². The van der Waals surface area contributed by atoms with Crippen molar-refractivity contribution in [2.45, 2.75) is 19.3 Å². The predicted octanol–water partition coefficient (Wildman–Crippen LogP) is 1.71. The third kappa shape index (κ3) is 8.69. The van der Waals surface area contributed by atoms with Crippen molar-refractivity contribution in [3.05, 3.63) is 35.9 Å². The Labute approximate surface area is 122 Å². The van der Waals surface area contributed by atoms with Crippen LogP contribution in [0.25, 0.3) is 6.08 Å². The maximum Gasteiger partial charge on any atom is 0.115 e. The monoisotopic (exact) mass is 277 g/mol. The summed E-state index contributed by atoms with van der Waals surface area (Å²) in [5.74, 6) is 0.305. The van der Waals surface area contributed by atoms with Gasteiger partial charge >= 0.3 is 0 Å². The van der Waals surface area contributed by atoms with Gasteiger partial charge in [0.05, 0.1) is 0 Å². The third-order valence-corrected chi connectivity index (χ3v) is 2.98. The molecule has 0 heterocycles. The molecule has 0 radical (unpaired) electrons. The zero-order valence-electron chi connectivity index (χ0n) is 12.1. The summed E-state index contributed by atoms with van der Waals surface area (Å²) in [5.41, 5.74) is 6.53. The summed E-state index contributed by atoms with van der Waals surface area (Å²) in [6.45, 7) is 4.80. The molecule has 1 aromatic carbocycles. The van der Waals surface area contributed by atoms with Crippen LogP contribution in [-0.2, 0) is 0 Å². The molecule has 0 fully saturated rings. The Morgan fingerprint density at radius 3 is 2.40 bits per heavy atom. The molecular formula is C16H27N3O. The zero-order valence-corrected chi connectivity index (χ0v) is 12.1. The van der Waals surface area contributed by atoms with E-state index in [-0.39, 0.29) is 0 Å². The lowest BCUT2D eigenvalue weighted by Crippen LogP contribution is -2.23. The number of benzene rings is 1. The summed E-state index contributed by atoms with van der Waals surface area (Å²) >= 11 is 0. The minimum absolute atomic E-state index is 0.305. The highest BCUT2D eigenvalue weighted by Crippen LogP contribution is 2.10. The summed E-state index contributed by atoms with van der Waals surface area (Å²) in [5, 5.41) is 15.9. The minimum atomic E-state index is 0.305. The molecular weight excluding hydrogens is 250 g/mol. The van der Waals surface area contributed by atoms with E-state index in [0.29, 0.717) is 5.75 Å².